The molecule has 0 unspecified atom stereocenters. The molecule has 5 heteroatoms. The molecule has 3 N–H and O–H groups in total. The van der Waals surface area contributed by atoms with E-state index in [0.29, 0.717) is 18.8 Å². The molecule has 1 aliphatic heterocycles. The number of carbonyl (C=O) groups is 2. The highest BCUT2D eigenvalue weighted by atomic mass is 16.4. The Morgan fingerprint density at radius 1 is 1.24 bits per heavy atom. The summed E-state index contributed by atoms with van der Waals surface area (Å²) in [5, 5.41) is 9.20. The number of hydrogen-bond donors (Lipinski definition) is 2. The number of hydrogen-bond acceptors (Lipinski definition) is 3. The van der Waals surface area contributed by atoms with E-state index < -0.39 is 17.3 Å². The van der Waals surface area contributed by atoms with Gasteiger partial charge >= 0.3 is 5.97 Å². The summed E-state index contributed by atoms with van der Waals surface area (Å²) in [6.45, 7) is 2.76. The van der Waals surface area contributed by atoms with E-state index in [4.69, 9.17) is 5.73 Å². The number of anilines is 1. The predicted octanol–water partition coefficient (Wildman–Crippen LogP) is 1.48. The molecule has 1 saturated heterocycles. The third-order valence-corrected chi connectivity index (χ3v) is 4.84. The Morgan fingerprint density at radius 3 is 2.33 bits per heavy atom. The Hall–Kier alpha value is -2.04. The van der Waals surface area contributed by atoms with Crippen LogP contribution in [0.25, 0.3) is 0 Å². The number of benzene rings is 1. The van der Waals surface area contributed by atoms with Crippen LogP contribution in [0.3, 0.4) is 0 Å². The minimum Gasteiger partial charge on any atom is -0.481 e. The first-order chi connectivity index (χ1) is 9.94. The fourth-order valence-electron chi connectivity index (χ4n) is 3.31. The topological polar surface area (TPSA) is 83.6 Å². The van der Waals surface area contributed by atoms with Gasteiger partial charge in [0, 0.05) is 18.8 Å². The van der Waals surface area contributed by atoms with Gasteiger partial charge in [0.1, 0.15) is 0 Å². The number of likely N-dealkylation sites (tertiary alicyclic amines) is 1. The van der Waals surface area contributed by atoms with Gasteiger partial charge in [0.05, 0.1) is 11.3 Å². The molecule has 5 nitrogen and oxygen atoms in total. The minimum absolute atomic E-state index is 0.00803. The lowest BCUT2D eigenvalue weighted by atomic mass is 9.94. The van der Waals surface area contributed by atoms with Crippen LogP contribution in [0.1, 0.15) is 25.3 Å². The molecule has 21 heavy (non-hydrogen) atoms. The second kappa shape index (κ2) is 4.76. The van der Waals surface area contributed by atoms with E-state index >= 15 is 0 Å². The predicted molar refractivity (Wildman–Crippen MR) is 78.6 cm³/mol. The van der Waals surface area contributed by atoms with Crippen LogP contribution >= 0.6 is 0 Å². The molecule has 0 bridgehead atoms. The molecule has 0 spiro atoms. The van der Waals surface area contributed by atoms with Gasteiger partial charge in [0.2, 0.25) is 5.91 Å². The number of carboxylic acid groups (broad SMARTS) is 1. The molecular weight excluding hydrogens is 268 g/mol. The average Bonchev–Trinajstić information content (AvgIpc) is 3.16. The largest absolute Gasteiger partial charge is 0.481 e. The highest BCUT2D eigenvalue weighted by Crippen LogP contribution is 2.50. The maximum Gasteiger partial charge on any atom is 0.308 e. The number of nitrogens with two attached hydrogens (primary N) is 1. The van der Waals surface area contributed by atoms with Gasteiger partial charge in [-0.3, -0.25) is 9.59 Å². The van der Waals surface area contributed by atoms with Crippen molar-refractivity contribution in [3.63, 3.8) is 0 Å². The molecule has 1 heterocycles. The number of carboxylic acids is 1. The first kappa shape index (κ1) is 13.9. The van der Waals surface area contributed by atoms with Gasteiger partial charge < -0.3 is 15.7 Å². The Morgan fingerprint density at radius 2 is 1.86 bits per heavy atom. The normalized spacial score (nSPS) is 26.6. The van der Waals surface area contributed by atoms with Crippen molar-refractivity contribution < 1.29 is 14.7 Å². The van der Waals surface area contributed by atoms with Crippen LogP contribution in [0.2, 0.25) is 0 Å². The fourth-order valence-corrected chi connectivity index (χ4v) is 3.31. The van der Waals surface area contributed by atoms with Crippen LogP contribution in [0.15, 0.2) is 24.3 Å². The van der Waals surface area contributed by atoms with E-state index in [0.717, 1.165) is 18.4 Å². The van der Waals surface area contributed by atoms with E-state index in [2.05, 4.69) is 0 Å². The van der Waals surface area contributed by atoms with E-state index in [-0.39, 0.29) is 11.8 Å². The van der Waals surface area contributed by atoms with Crippen LogP contribution in [0.4, 0.5) is 5.69 Å². The van der Waals surface area contributed by atoms with Crippen LogP contribution < -0.4 is 5.73 Å². The first-order valence-electron chi connectivity index (χ1n) is 7.32. The zero-order chi connectivity index (χ0) is 15.2. The van der Waals surface area contributed by atoms with E-state index in [1.807, 2.05) is 31.2 Å². The lowest BCUT2D eigenvalue weighted by Gasteiger charge is -2.23. The number of carbonyl (C=O) groups excluding carboxylic acids is 1. The number of nitrogens with zero attached hydrogens (tertiary/aromatic N) is 1. The van der Waals surface area contributed by atoms with Crippen molar-refractivity contribution in [3.05, 3.63) is 29.8 Å². The molecule has 2 atom stereocenters. The maximum atomic E-state index is 12.8. The van der Waals surface area contributed by atoms with Crippen molar-refractivity contribution in [2.75, 3.05) is 18.8 Å². The van der Waals surface area contributed by atoms with Crippen LogP contribution in [-0.2, 0) is 15.0 Å². The summed E-state index contributed by atoms with van der Waals surface area (Å²) in [5.74, 6) is -1.18. The van der Waals surface area contributed by atoms with Gasteiger partial charge in [-0.25, -0.2) is 0 Å². The van der Waals surface area contributed by atoms with Crippen LogP contribution in [0, 0.1) is 11.8 Å². The number of amides is 1. The molecule has 1 aliphatic carbocycles. The third kappa shape index (κ3) is 2.26. The van der Waals surface area contributed by atoms with Crippen molar-refractivity contribution in [1.82, 2.24) is 4.90 Å². The molecular formula is C16H20N2O3. The summed E-state index contributed by atoms with van der Waals surface area (Å²) >= 11 is 0. The lowest BCUT2D eigenvalue weighted by Crippen LogP contribution is -2.38. The van der Waals surface area contributed by atoms with E-state index in [9.17, 15) is 14.7 Å². The molecule has 1 saturated carbocycles. The SMILES string of the molecule is C[C@@H]1CN(C(=O)C2(c3ccc(N)cc3)CC2)C[C@H]1C(=O)O. The Kier molecular flexibility index (Phi) is 3.15. The molecule has 3 rings (SSSR count). The van der Waals surface area contributed by atoms with Gasteiger partial charge in [-0.1, -0.05) is 19.1 Å². The van der Waals surface area contributed by atoms with Crippen molar-refractivity contribution in [2.45, 2.75) is 25.2 Å². The summed E-state index contributed by atoms with van der Waals surface area (Å²) in [4.78, 5) is 25.8. The Bertz CT molecular complexity index is 578. The monoisotopic (exact) mass is 288 g/mol. The van der Waals surface area contributed by atoms with Gasteiger partial charge in [-0.2, -0.15) is 0 Å². The van der Waals surface area contributed by atoms with Gasteiger partial charge in [0.15, 0.2) is 0 Å². The van der Waals surface area contributed by atoms with E-state index in [1.54, 1.807) is 4.90 Å². The van der Waals surface area contributed by atoms with Crippen molar-refractivity contribution in [1.29, 1.82) is 0 Å². The van der Waals surface area contributed by atoms with Gasteiger partial charge in [-0.15, -0.1) is 0 Å². The van der Waals surface area contributed by atoms with Crippen LogP contribution in [0.5, 0.6) is 0 Å². The molecule has 0 aromatic heterocycles. The quantitative estimate of drug-likeness (QED) is 0.825. The summed E-state index contributed by atoms with van der Waals surface area (Å²) in [6, 6.07) is 7.45. The molecule has 112 valence electrons. The highest BCUT2D eigenvalue weighted by Gasteiger charge is 2.54. The van der Waals surface area contributed by atoms with Gasteiger partial charge in [-0.05, 0) is 36.5 Å². The molecule has 1 aromatic rings. The van der Waals surface area contributed by atoms with Crippen molar-refractivity contribution >= 4 is 17.6 Å². The first-order valence-corrected chi connectivity index (χ1v) is 7.32. The molecule has 1 amide bonds. The summed E-state index contributed by atoms with van der Waals surface area (Å²) in [6.07, 6.45) is 1.66. The summed E-state index contributed by atoms with van der Waals surface area (Å²) < 4.78 is 0. The second-order valence-corrected chi connectivity index (χ2v) is 6.34. The average molecular weight is 288 g/mol. The Balaban J connectivity index is 1.80. The zero-order valence-electron chi connectivity index (χ0n) is 12.1. The molecule has 2 aliphatic rings. The maximum absolute atomic E-state index is 12.8. The standard InChI is InChI=1S/C16H20N2O3/c1-10-8-18(9-13(10)14(19)20)15(21)16(6-7-16)11-2-4-12(17)5-3-11/h2-5,10,13H,6-9,17H2,1H3,(H,19,20)/t10-,13-/m1/s1. The minimum atomic E-state index is -0.810. The highest BCUT2D eigenvalue weighted by molar-refractivity contribution is 5.92. The van der Waals surface area contributed by atoms with Crippen LogP contribution in [-0.4, -0.2) is 35.0 Å². The number of rotatable bonds is 3. The van der Waals surface area contributed by atoms with E-state index in [1.165, 1.54) is 0 Å². The van der Waals surface area contributed by atoms with Gasteiger partial charge in [0.25, 0.3) is 0 Å². The molecule has 1 aromatic carbocycles. The number of nitrogen functional groups attached to an aromatic ring is 1. The fraction of sp³-hybridized carbons (Fsp3) is 0.500. The van der Waals surface area contributed by atoms with Crippen molar-refractivity contribution in [3.8, 4) is 0 Å². The Labute approximate surface area is 123 Å². The summed E-state index contributed by atoms with van der Waals surface area (Å²) in [7, 11) is 0. The third-order valence-electron chi connectivity index (χ3n) is 4.84. The molecule has 2 fully saturated rings. The smallest absolute Gasteiger partial charge is 0.308 e. The molecule has 0 radical (unpaired) electrons. The van der Waals surface area contributed by atoms with Crippen molar-refractivity contribution in [2.24, 2.45) is 11.8 Å². The number of aliphatic carboxylic acids is 1. The second-order valence-electron chi connectivity index (χ2n) is 6.34. The zero-order valence-corrected chi connectivity index (χ0v) is 12.1. The lowest BCUT2D eigenvalue weighted by molar-refractivity contribution is -0.142. The summed E-state index contributed by atoms with van der Waals surface area (Å²) in [5.41, 5.74) is 6.93.